The Morgan fingerprint density at radius 2 is 1.24 bits per heavy atom. The summed E-state index contributed by atoms with van der Waals surface area (Å²) < 4.78 is 0. The van der Waals surface area contributed by atoms with Gasteiger partial charge in [-0.3, -0.25) is 5.43 Å². The van der Waals surface area contributed by atoms with Gasteiger partial charge >= 0.3 is 0 Å². The minimum atomic E-state index is 1.07. The molecule has 0 atom stereocenters. The lowest BCUT2D eigenvalue weighted by molar-refractivity contribution is 0.158. The van der Waals surface area contributed by atoms with Crippen molar-refractivity contribution < 1.29 is 0 Å². The second-order valence-corrected chi connectivity index (χ2v) is 5.17. The fourth-order valence-electron chi connectivity index (χ4n) is 2.18. The minimum Gasteiger partial charge on any atom is -0.304 e. The Kier molecular flexibility index (Phi) is 7.77. The van der Waals surface area contributed by atoms with Gasteiger partial charge in [0.05, 0.1) is 0 Å². The van der Waals surface area contributed by atoms with Crippen LogP contribution in [-0.2, 0) is 0 Å². The number of nitrogens with zero attached hydrogens (tertiary/aromatic N) is 3. The number of piperazine rings is 1. The third-order valence-electron chi connectivity index (χ3n) is 3.46. The van der Waals surface area contributed by atoms with Crippen molar-refractivity contribution in [3.8, 4) is 0 Å². The number of likely N-dealkylation sites (N-methyl/N-ethyl adjacent to an activating group) is 2. The summed E-state index contributed by atoms with van der Waals surface area (Å²) in [7, 11) is 4.35. The van der Waals surface area contributed by atoms with Crippen molar-refractivity contribution in [3.05, 3.63) is 0 Å². The highest BCUT2D eigenvalue weighted by molar-refractivity contribution is 4.64. The molecule has 2 heterocycles. The summed E-state index contributed by atoms with van der Waals surface area (Å²) in [4.78, 5) is 4.72. The van der Waals surface area contributed by atoms with Crippen molar-refractivity contribution in [1.82, 2.24) is 20.2 Å². The molecule has 2 rings (SSSR count). The standard InChI is InChI=1S/C7H16N2.C6H14N2/c1-2-8-9-6-4-3-5-7-9;1-7-3-5-8(2)6-4-7/h8H,2-7H2,1H3;3-6H2,1-2H3. The molecule has 17 heavy (non-hydrogen) atoms. The van der Waals surface area contributed by atoms with Gasteiger partial charge in [0.15, 0.2) is 0 Å². The van der Waals surface area contributed by atoms with E-state index < -0.39 is 0 Å². The molecule has 1 N–H and O–H groups in total. The van der Waals surface area contributed by atoms with E-state index in [0.29, 0.717) is 0 Å². The Bertz CT molecular complexity index is 160. The monoisotopic (exact) mass is 242 g/mol. The number of piperidine rings is 1. The first kappa shape index (κ1) is 14.9. The van der Waals surface area contributed by atoms with Crippen LogP contribution >= 0.6 is 0 Å². The van der Waals surface area contributed by atoms with Crippen LogP contribution in [0.15, 0.2) is 0 Å². The summed E-state index contributed by atoms with van der Waals surface area (Å²) in [5.74, 6) is 0. The molecule has 102 valence electrons. The molecule has 0 unspecified atom stereocenters. The SMILES string of the molecule is CCNN1CCCCC1.CN1CCN(C)CC1. The zero-order valence-electron chi connectivity index (χ0n) is 11.9. The maximum absolute atomic E-state index is 3.32. The molecule has 0 aromatic carbocycles. The van der Waals surface area contributed by atoms with Crippen LogP contribution in [0.1, 0.15) is 26.2 Å². The fourth-order valence-corrected chi connectivity index (χ4v) is 2.18. The molecule has 0 bridgehead atoms. The zero-order chi connectivity index (χ0) is 12.5. The minimum absolute atomic E-state index is 1.07. The molecule has 4 nitrogen and oxygen atoms in total. The summed E-state index contributed by atoms with van der Waals surface area (Å²) in [5.41, 5.74) is 3.32. The number of rotatable bonds is 2. The molecule has 0 radical (unpaired) electrons. The molecule has 2 aliphatic heterocycles. The third kappa shape index (κ3) is 6.99. The summed E-state index contributed by atoms with van der Waals surface area (Å²) >= 11 is 0. The van der Waals surface area contributed by atoms with Crippen molar-refractivity contribution in [2.24, 2.45) is 0 Å². The first-order chi connectivity index (χ1) is 8.22. The largest absolute Gasteiger partial charge is 0.304 e. The Hall–Kier alpha value is -0.160. The van der Waals surface area contributed by atoms with Crippen LogP contribution in [0.4, 0.5) is 0 Å². The van der Waals surface area contributed by atoms with E-state index in [1.807, 2.05) is 0 Å². The lowest BCUT2D eigenvalue weighted by atomic mass is 10.2. The van der Waals surface area contributed by atoms with Gasteiger partial charge in [0.1, 0.15) is 0 Å². The Labute approximate surface area is 107 Å². The maximum atomic E-state index is 3.32. The van der Waals surface area contributed by atoms with Crippen molar-refractivity contribution in [3.63, 3.8) is 0 Å². The lowest BCUT2D eigenvalue weighted by Crippen LogP contribution is -2.42. The number of hydrogen-bond acceptors (Lipinski definition) is 4. The molecule has 0 amide bonds. The number of hydrogen-bond donors (Lipinski definition) is 1. The third-order valence-corrected chi connectivity index (χ3v) is 3.46. The summed E-state index contributed by atoms with van der Waals surface area (Å²) in [6.45, 7) is 10.6. The van der Waals surface area contributed by atoms with E-state index >= 15 is 0 Å². The van der Waals surface area contributed by atoms with Gasteiger partial charge < -0.3 is 9.80 Å². The lowest BCUT2D eigenvalue weighted by Gasteiger charge is -2.28. The second-order valence-electron chi connectivity index (χ2n) is 5.17. The molecule has 4 heteroatoms. The van der Waals surface area contributed by atoms with E-state index in [9.17, 15) is 0 Å². The topological polar surface area (TPSA) is 21.8 Å². The Morgan fingerprint density at radius 1 is 0.765 bits per heavy atom. The van der Waals surface area contributed by atoms with E-state index in [1.165, 1.54) is 58.5 Å². The second kappa shape index (κ2) is 8.86. The van der Waals surface area contributed by atoms with Gasteiger partial charge in [0.2, 0.25) is 0 Å². The molecular formula is C13H30N4. The highest BCUT2D eigenvalue weighted by atomic mass is 15.5. The highest BCUT2D eigenvalue weighted by Gasteiger charge is 2.08. The van der Waals surface area contributed by atoms with Gasteiger partial charge in [-0.1, -0.05) is 13.3 Å². The summed E-state index contributed by atoms with van der Waals surface area (Å²) in [6.07, 6.45) is 4.15. The van der Waals surface area contributed by atoms with Crippen molar-refractivity contribution in [1.29, 1.82) is 0 Å². The van der Waals surface area contributed by atoms with Crippen molar-refractivity contribution >= 4 is 0 Å². The first-order valence-corrected chi connectivity index (χ1v) is 7.08. The van der Waals surface area contributed by atoms with Gasteiger partial charge in [0, 0.05) is 45.8 Å². The van der Waals surface area contributed by atoms with Crippen molar-refractivity contribution in [2.75, 3.05) is 59.9 Å². The van der Waals surface area contributed by atoms with Crippen LogP contribution in [0.3, 0.4) is 0 Å². The normalized spacial score (nSPS) is 24.2. The Balaban J connectivity index is 0.000000171. The Morgan fingerprint density at radius 3 is 1.65 bits per heavy atom. The molecule has 0 aliphatic carbocycles. The van der Waals surface area contributed by atoms with E-state index in [-0.39, 0.29) is 0 Å². The molecule has 2 aliphatic rings. The van der Waals surface area contributed by atoms with Gasteiger partial charge in [-0.05, 0) is 26.9 Å². The van der Waals surface area contributed by atoms with Crippen LogP contribution < -0.4 is 5.43 Å². The molecule has 2 fully saturated rings. The van der Waals surface area contributed by atoms with Gasteiger partial charge in [-0.25, -0.2) is 5.01 Å². The van der Waals surface area contributed by atoms with Gasteiger partial charge in [-0.15, -0.1) is 0 Å². The van der Waals surface area contributed by atoms with Gasteiger partial charge in [-0.2, -0.15) is 0 Å². The summed E-state index contributed by atoms with van der Waals surface area (Å²) in [5, 5.41) is 2.32. The molecular weight excluding hydrogens is 212 g/mol. The van der Waals surface area contributed by atoms with Crippen LogP contribution in [-0.4, -0.2) is 74.7 Å². The smallest absolute Gasteiger partial charge is 0.0130 e. The quantitative estimate of drug-likeness (QED) is 0.775. The van der Waals surface area contributed by atoms with Crippen LogP contribution in [0.5, 0.6) is 0 Å². The average molecular weight is 242 g/mol. The molecule has 2 saturated heterocycles. The fraction of sp³-hybridized carbons (Fsp3) is 1.00. The summed E-state index contributed by atoms with van der Waals surface area (Å²) in [6, 6.07) is 0. The van der Waals surface area contributed by atoms with E-state index in [1.54, 1.807) is 0 Å². The van der Waals surface area contributed by atoms with Gasteiger partial charge in [0.25, 0.3) is 0 Å². The van der Waals surface area contributed by atoms with E-state index in [4.69, 9.17) is 0 Å². The first-order valence-electron chi connectivity index (χ1n) is 7.08. The molecule has 0 saturated carbocycles. The predicted molar refractivity (Wildman–Crippen MR) is 74.1 cm³/mol. The van der Waals surface area contributed by atoms with E-state index in [2.05, 4.69) is 41.3 Å². The van der Waals surface area contributed by atoms with Crippen LogP contribution in [0.25, 0.3) is 0 Å². The highest BCUT2D eigenvalue weighted by Crippen LogP contribution is 2.04. The van der Waals surface area contributed by atoms with Crippen molar-refractivity contribution in [2.45, 2.75) is 26.2 Å². The average Bonchev–Trinajstić information content (AvgIpc) is 2.36. The molecule has 0 aromatic rings. The molecule has 0 aromatic heterocycles. The number of hydrazine groups is 1. The predicted octanol–water partition coefficient (Wildman–Crippen LogP) is 0.860. The van der Waals surface area contributed by atoms with Crippen LogP contribution in [0, 0.1) is 0 Å². The molecule has 0 spiro atoms. The maximum Gasteiger partial charge on any atom is 0.0130 e. The zero-order valence-corrected chi connectivity index (χ0v) is 11.9. The van der Waals surface area contributed by atoms with E-state index in [0.717, 1.165) is 6.54 Å². The number of nitrogens with one attached hydrogen (secondary N) is 1. The van der Waals surface area contributed by atoms with Crippen LogP contribution in [0.2, 0.25) is 0 Å².